The zero-order chi connectivity index (χ0) is 7.84. The van der Waals surface area contributed by atoms with Gasteiger partial charge in [0.05, 0.1) is 6.54 Å². The third-order valence-corrected chi connectivity index (χ3v) is 1.88. The summed E-state index contributed by atoms with van der Waals surface area (Å²) in [5, 5.41) is 7.20. The summed E-state index contributed by atoms with van der Waals surface area (Å²) in [5.41, 5.74) is -0.0125. The van der Waals surface area contributed by atoms with Crippen LogP contribution >= 0.6 is 0 Å². The number of nitrogens with zero attached hydrogens (tertiary/aromatic N) is 3. The maximum atomic E-state index is 11.2. The van der Waals surface area contributed by atoms with E-state index in [1.54, 1.807) is 11.6 Å². The van der Waals surface area contributed by atoms with Crippen LogP contribution in [0.15, 0.2) is 4.79 Å². The van der Waals surface area contributed by atoms with Crippen molar-refractivity contribution < 1.29 is 0 Å². The maximum Gasteiger partial charge on any atom is 0.345 e. The zero-order valence-electron chi connectivity index (χ0n) is 6.37. The van der Waals surface area contributed by atoms with E-state index in [4.69, 9.17) is 0 Å². The van der Waals surface area contributed by atoms with Crippen LogP contribution in [-0.4, -0.2) is 20.9 Å². The number of aryl methyl sites for hydroxylation is 1. The van der Waals surface area contributed by atoms with Crippen LogP contribution in [0.2, 0.25) is 0 Å². The molecule has 11 heavy (non-hydrogen) atoms. The molecule has 2 heterocycles. The first-order chi connectivity index (χ1) is 5.29. The predicted molar refractivity (Wildman–Crippen MR) is 39.2 cm³/mol. The molecule has 0 spiro atoms. The van der Waals surface area contributed by atoms with Crippen molar-refractivity contribution in [2.45, 2.75) is 13.1 Å². The zero-order valence-corrected chi connectivity index (χ0v) is 6.37. The third-order valence-electron chi connectivity index (χ3n) is 1.88. The summed E-state index contributed by atoms with van der Waals surface area (Å²) < 4.78 is 3.08. The molecule has 0 atom stereocenters. The molecule has 0 bridgehead atoms. The van der Waals surface area contributed by atoms with E-state index in [2.05, 4.69) is 10.4 Å². The van der Waals surface area contributed by atoms with Gasteiger partial charge in [0.15, 0.2) is 0 Å². The largest absolute Gasteiger partial charge is 0.345 e. The van der Waals surface area contributed by atoms with E-state index in [1.165, 1.54) is 4.68 Å². The monoisotopic (exact) mass is 154 g/mol. The van der Waals surface area contributed by atoms with Gasteiger partial charge in [0.25, 0.3) is 0 Å². The highest BCUT2D eigenvalue weighted by Crippen LogP contribution is 1.95. The van der Waals surface area contributed by atoms with Gasteiger partial charge in [-0.3, -0.25) is 4.57 Å². The summed E-state index contributed by atoms with van der Waals surface area (Å²) in [6, 6.07) is 0. The number of rotatable bonds is 0. The summed E-state index contributed by atoms with van der Waals surface area (Å²) in [5.74, 6) is 0.837. The molecule has 0 aliphatic carbocycles. The van der Waals surface area contributed by atoms with Crippen LogP contribution < -0.4 is 11.0 Å². The van der Waals surface area contributed by atoms with Gasteiger partial charge in [-0.2, -0.15) is 5.10 Å². The molecule has 1 aromatic heterocycles. The van der Waals surface area contributed by atoms with E-state index in [9.17, 15) is 4.79 Å². The Hall–Kier alpha value is -1.10. The standard InChI is InChI=1S/C6H10N4O/c1-9-6(11)10-3-2-7-4-5(10)8-9/h7H,2-4H2,1H3. The number of nitrogens with one attached hydrogen (secondary N) is 1. The Morgan fingerprint density at radius 3 is 3.18 bits per heavy atom. The molecule has 1 N–H and O–H groups in total. The van der Waals surface area contributed by atoms with Crippen LogP contribution in [0, 0.1) is 0 Å². The molecule has 0 fully saturated rings. The smallest absolute Gasteiger partial charge is 0.308 e. The molecule has 0 unspecified atom stereocenters. The lowest BCUT2D eigenvalue weighted by Gasteiger charge is -2.11. The van der Waals surface area contributed by atoms with Crippen LogP contribution in [0.3, 0.4) is 0 Å². The summed E-state index contributed by atoms with van der Waals surface area (Å²) in [4.78, 5) is 11.2. The first kappa shape index (κ1) is 6.60. The fourth-order valence-corrected chi connectivity index (χ4v) is 1.30. The summed E-state index contributed by atoms with van der Waals surface area (Å²) >= 11 is 0. The Morgan fingerprint density at radius 2 is 2.45 bits per heavy atom. The van der Waals surface area contributed by atoms with Crippen molar-refractivity contribution in [2.75, 3.05) is 6.54 Å². The Bertz CT molecular complexity index is 324. The van der Waals surface area contributed by atoms with Crippen LogP contribution in [0.25, 0.3) is 0 Å². The Labute approximate surface area is 63.6 Å². The van der Waals surface area contributed by atoms with Gasteiger partial charge in [-0.1, -0.05) is 0 Å². The van der Waals surface area contributed by atoms with Crippen LogP contribution in [0.1, 0.15) is 5.82 Å². The van der Waals surface area contributed by atoms with E-state index in [1.807, 2.05) is 0 Å². The molecule has 2 rings (SSSR count). The lowest BCUT2D eigenvalue weighted by molar-refractivity contribution is 0.497. The number of fused-ring (bicyclic) bond motifs is 1. The molecule has 1 aliphatic heterocycles. The Kier molecular flexibility index (Phi) is 1.32. The normalized spacial score (nSPS) is 16.5. The number of hydrogen-bond donors (Lipinski definition) is 1. The second-order valence-electron chi connectivity index (χ2n) is 2.65. The van der Waals surface area contributed by atoms with Crippen LogP contribution in [-0.2, 0) is 20.1 Å². The topological polar surface area (TPSA) is 51.9 Å². The SMILES string of the molecule is Cn1nc2n(c1=O)CCNC2. The average molecular weight is 154 g/mol. The Morgan fingerprint density at radius 1 is 1.64 bits per heavy atom. The summed E-state index contributed by atoms with van der Waals surface area (Å²) in [7, 11) is 1.67. The van der Waals surface area contributed by atoms with Gasteiger partial charge in [-0.05, 0) is 0 Å². The highest BCUT2D eigenvalue weighted by Gasteiger charge is 2.13. The van der Waals surface area contributed by atoms with Crippen LogP contribution in [0.4, 0.5) is 0 Å². The van der Waals surface area contributed by atoms with Gasteiger partial charge < -0.3 is 5.32 Å². The average Bonchev–Trinajstić information content (AvgIpc) is 2.30. The van der Waals surface area contributed by atoms with Crippen molar-refractivity contribution in [3.8, 4) is 0 Å². The second kappa shape index (κ2) is 2.20. The van der Waals surface area contributed by atoms with Gasteiger partial charge >= 0.3 is 5.69 Å². The lowest BCUT2D eigenvalue weighted by atomic mass is 10.4. The summed E-state index contributed by atoms with van der Waals surface area (Å²) in [6.07, 6.45) is 0. The lowest BCUT2D eigenvalue weighted by Crippen LogP contribution is -2.33. The van der Waals surface area contributed by atoms with Crippen molar-refractivity contribution >= 4 is 0 Å². The molecule has 0 amide bonds. The van der Waals surface area contributed by atoms with E-state index in [0.717, 1.165) is 18.9 Å². The van der Waals surface area contributed by atoms with Crippen molar-refractivity contribution in [3.63, 3.8) is 0 Å². The van der Waals surface area contributed by atoms with Gasteiger partial charge in [-0.25, -0.2) is 9.48 Å². The molecule has 0 radical (unpaired) electrons. The Balaban J connectivity index is 2.59. The highest BCUT2D eigenvalue weighted by molar-refractivity contribution is 4.90. The third kappa shape index (κ3) is 0.883. The van der Waals surface area contributed by atoms with E-state index in [0.29, 0.717) is 6.54 Å². The van der Waals surface area contributed by atoms with Gasteiger partial charge in [-0.15, -0.1) is 0 Å². The first-order valence-corrected chi connectivity index (χ1v) is 3.62. The molecule has 60 valence electrons. The molecule has 0 saturated carbocycles. The molecule has 0 aromatic carbocycles. The fraction of sp³-hybridized carbons (Fsp3) is 0.667. The van der Waals surface area contributed by atoms with Gasteiger partial charge in [0, 0.05) is 20.1 Å². The van der Waals surface area contributed by atoms with Crippen molar-refractivity contribution in [3.05, 3.63) is 16.3 Å². The van der Waals surface area contributed by atoms with E-state index < -0.39 is 0 Å². The molecule has 5 heteroatoms. The van der Waals surface area contributed by atoms with E-state index >= 15 is 0 Å². The van der Waals surface area contributed by atoms with Crippen molar-refractivity contribution in [1.29, 1.82) is 0 Å². The molecular weight excluding hydrogens is 144 g/mol. The number of hydrogen-bond acceptors (Lipinski definition) is 3. The van der Waals surface area contributed by atoms with Crippen LogP contribution in [0.5, 0.6) is 0 Å². The molecule has 1 aromatic rings. The molecule has 5 nitrogen and oxygen atoms in total. The number of aromatic nitrogens is 3. The van der Waals surface area contributed by atoms with Crippen molar-refractivity contribution in [2.24, 2.45) is 7.05 Å². The summed E-state index contributed by atoms with van der Waals surface area (Å²) in [6.45, 7) is 2.30. The minimum absolute atomic E-state index is 0.0125. The van der Waals surface area contributed by atoms with Crippen molar-refractivity contribution in [1.82, 2.24) is 19.7 Å². The maximum absolute atomic E-state index is 11.2. The minimum Gasteiger partial charge on any atom is -0.308 e. The quantitative estimate of drug-likeness (QED) is 0.504. The molecule has 0 saturated heterocycles. The fourth-order valence-electron chi connectivity index (χ4n) is 1.30. The van der Waals surface area contributed by atoms with Gasteiger partial charge in [0.1, 0.15) is 5.82 Å². The molecule has 1 aliphatic rings. The minimum atomic E-state index is -0.0125. The highest BCUT2D eigenvalue weighted by atomic mass is 16.2. The predicted octanol–water partition coefficient (Wildman–Crippen LogP) is -1.31. The van der Waals surface area contributed by atoms with Gasteiger partial charge in [0.2, 0.25) is 0 Å². The second-order valence-corrected chi connectivity index (χ2v) is 2.65. The van der Waals surface area contributed by atoms with E-state index in [-0.39, 0.29) is 5.69 Å². The molecular formula is C6H10N4O. The first-order valence-electron chi connectivity index (χ1n) is 3.62.